The molecule has 2 rings (SSSR count). The Labute approximate surface area is 124 Å². The van der Waals surface area contributed by atoms with Crippen LogP contribution in [0.2, 0.25) is 5.02 Å². The SMILES string of the molecule is CNCc1cccc(NC(=O)c2ccc(C)c(Cl)c2)c1. The van der Waals surface area contributed by atoms with Crippen molar-refractivity contribution in [2.45, 2.75) is 13.5 Å². The van der Waals surface area contributed by atoms with Crippen LogP contribution in [0.4, 0.5) is 5.69 Å². The Balaban J connectivity index is 2.14. The zero-order valence-electron chi connectivity index (χ0n) is 11.5. The highest BCUT2D eigenvalue weighted by atomic mass is 35.5. The molecule has 0 aliphatic heterocycles. The maximum absolute atomic E-state index is 12.2. The molecule has 2 aromatic carbocycles. The lowest BCUT2D eigenvalue weighted by Crippen LogP contribution is -2.12. The van der Waals surface area contributed by atoms with Crippen molar-refractivity contribution in [1.29, 1.82) is 0 Å². The third-order valence-electron chi connectivity index (χ3n) is 3.00. The largest absolute Gasteiger partial charge is 0.322 e. The summed E-state index contributed by atoms with van der Waals surface area (Å²) in [6, 6.07) is 13.0. The molecule has 104 valence electrons. The summed E-state index contributed by atoms with van der Waals surface area (Å²) >= 11 is 6.04. The predicted octanol–water partition coefficient (Wildman–Crippen LogP) is 3.62. The number of benzene rings is 2. The standard InChI is InChI=1S/C16H17ClN2O/c1-11-6-7-13(9-15(11)17)16(20)19-14-5-3-4-12(8-14)10-18-2/h3-9,18H,10H2,1-2H3,(H,19,20). The van der Waals surface area contributed by atoms with Gasteiger partial charge in [0.1, 0.15) is 0 Å². The average Bonchev–Trinajstić information content (AvgIpc) is 2.42. The number of carbonyl (C=O) groups excluding carboxylic acids is 1. The first-order valence-electron chi connectivity index (χ1n) is 6.41. The van der Waals surface area contributed by atoms with Gasteiger partial charge in [-0.25, -0.2) is 0 Å². The molecule has 0 aromatic heterocycles. The lowest BCUT2D eigenvalue weighted by molar-refractivity contribution is 0.102. The first kappa shape index (κ1) is 14.6. The Morgan fingerprint density at radius 3 is 2.70 bits per heavy atom. The van der Waals surface area contributed by atoms with Crippen molar-refractivity contribution in [2.24, 2.45) is 0 Å². The normalized spacial score (nSPS) is 10.3. The Morgan fingerprint density at radius 2 is 2.00 bits per heavy atom. The molecule has 4 heteroatoms. The van der Waals surface area contributed by atoms with Crippen LogP contribution in [-0.4, -0.2) is 13.0 Å². The van der Waals surface area contributed by atoms with E-state index in [9.17, 15) is 4.79 Å². The van der Waals surface area contributed by atoms with E-state index < -0.39 is 0 Å². The first-order valence-corrected chi connectivity index (χ1v) is 6.79. The monoisotopic (exact) mass is 288 g/mol. The summed E-state index contributed by atoms with van der Waals surface area (Å²) in [6.07, 6.45) is 0. The van der Waals surface area contributed by atoms with Crippen LogP contribution in [0.15, 0.2) is 42.5 Å². The van der Waals surface area contributed by atoms with Crippen LogP contribution in [-0.2, 0) is 6.54 Å². The van der Waals surface area contributed by atoms with Crippen molar-refractivity contribution < 1.29 is 4.79 Å². The second-order valence-corrected chi connectivity index (χ2v) is 5.06. The molecule has 0 heterocycles. The average molecular weight is 289 g/mol. The maximum Gasteiger partial charge on any atom is 0.255 e. The molecule has 0 saturated heterocycles. The lowest BCUT2D eigenvalue weighted by atomic mass is 10.1. The highest BCUT2D eigenvalue weighted by Crippen LogP contribution is 2.18. The Bertz CT molecular complexity index is 626. The molecule has 20 heavy (non-hydrogen) atoms. The van der Waals surface area contributed by atoms with Gasteiger partial charge in [-0.1, -0.05) is 29.8 Å². The molecule has 0 saturated carbocycles. The summed E-state index contributed by atoms with van der Waals surface area (Å²) in [4.78, 5) is 12.2. The van der Waals surface area contributed by atoms with E-state index in [1.165, 1.54) is 0 Å². The Morgan fingerprint density at radius 1 is 1.20 bits per heavy atom. The molecule has 0 aliphatic carbocycles. The zero-order valence-corrected chi connectivity index (χ0v) is 12.3. The van der Waals surface area contributed by atoms with Crippen LogP contribution >= 0.6 is 11.6 Å². The summed E-state index contributed by atoms with van der Waals surface area (Å²) in [5.41, 5.74) is 3.41. The number of amides is 1. The van der Waals surface area contributed by atoms with Gasteiger partial charge in [-0.05, 0) is 49.4 Å². The fourth-order valence-electron chi connectivity index (χ4n) is 1.90. The van der Waals surface area contributed by atoms with Gasteiger partial charge in [0.15, 0.2) is 0 Å². The first-order chi connectivity index (χ1) is 9.60. The molecular weight excluding hydrogens is 272 g/mol. The number of rotatable bonds is 4. The molecule has 0 spiro atoms. The minimum Gasteiger partial charge on any atom is -0.322 e. The van der Waals surface area contributed by atoms with Crippen LogP contribution < -0.4 is 10.6 Å². The molecule has 2 N–H and O–H groups in total. The van der Waals surface area contributed by atoms with Crippen molar-refractivity contribution in [3.63, 3.8) is 0 Å². The van der Waals surface area contributed by atoms with Crippen molar-refractivity contribution in [1.82, 2.24) is 5.32 Å². The van der Waals surface area contributed by atoms with E-state index >= 15 is 0 Å². The second-order valence-electron chi connectivity index (χ2n) is 4.65. The fraction of sp³-hybridized carbons (Fsp3) is 0.188. The van der Waals surface area contributed by atoms with Gasteiger partial charge in [0, 0.05) is 22.8 Å². The quantitative estimate of drug-likeness (QED) is 0.902. The highest BCUT2D eigenvalue weighted by molar-refractivity contribution is 6.31. The zero-order chi connectivity index (χ0) is 14.5. The number of carbonyl (C=O) groups is 1. The fourth-order valence-corrected chi connectivity index (χ4v) is 2.08. The minimum atomic E-state index is -0.159. The van der Waals surface area contributed by atoms with Crippen LogP contribution in [0.1, 0.15) is 21.5 Å². The number of hydrogen-bond donors (Lipinski definition) is 2. The topological polar surface area (TPSA) is 41.1 Å². The predicted molar refractivity (Wildman–Crippen MR) is 83.3 cm³/mol. The van der Waals surface area contributed by atoms with Crippen molar-refractivity contribution in [3.8, 4) is 0 Å². The Kier molecular flexibility index (Phi) is 4.77. The molecule has 0 radical (unpaired) electrons. The molecule has 2 aromatic rings. The van der Waals surface area contributed by atoms with Crippen molar-refractivity contribution >= 4 is 23.2 Å². The van der Waals surface area contributed by atoms with E-state index in [1.54, 1.807) is 12.1 Å². The third-order valence-corrected chi connectivity index (χ3v) is 3.41. The van der Waals surface area contributed by atoms with Crippen molar-refractivity contribution in [3.05, 3.63) is 64.2 Å². The van der Waals surface area contributed by atoms with Gasteiger partial charge in [-0.2, -0.15) is 0 Å². The molecule has 0 atom stereocenters. The number of halogens is 1. The third kappa shape index (κ3) is 3.59. The van der Waals surface area contributed by atoms with E-state index in [2.05, 4.69) is 10.6 Å². The maximum atomic E-state index is 12.2. The van der Waals surface area contributed by atoms with E-state index in [0.717, 1.165) is 23.4 Å². The number of hydrogen-bond acceptors (Lipinski definition) is 2. The summed E-state index contributed by atoms with van der Waals surface area (Å²) in [5, 5.41) is 6.56. The second kappa shape index (κ2) is 6.55. The summed E-state index contributed by atoms with van der Waals surface area (Å²) in [5.74, 6) is -0.159. The molecule has 0 fully saturated rings. The van der Waals surface area contributed by atoms with Crippen LogP contribution in [0.5, 0.6) is 0 Å². The Hall–Kier alpha value is -1.84. The van der Waals surface area contributed by atoms with Gasteiger partial charge in [-0.3, -0.25) is 4.79 Å². The summed E-state index contributed by atoms with van der Waals surface area (Å²) in [6.45, 7) is 2.67. The summed E-state index contributed by atoms with van der Waals surface area (Å²) in [7, 11) is 1.89. The minimum absolute atomic E-state index is 0.159. The van der Waals surface area contributed by atoms with Crippen LogP contribution in [0, 0.1) is 6.92 Å². The van der Waals surface area contributed by atoms with Crippen LogP contribution in [0.25, 0.3) is 0 Å². The molecule has 0 aliphatic rings. The number of nitrogens with one attached hydrogen (secondary N) is 2. The van der Waals surface area contributed by atoms with Gasteiger partial charge in [0.25, 0.3) is 5.91 Å². The lowest BCUT2D eigenvalue weighted by Gasteiger charge is -2.08. The van der Waals surface area contributed by atoms with E-state index in [-0.39, 0.29) is 5.91 Å². The number of anilines is 1. The van der Waals surface area contributed by atoms with E-state index in [0.29, 0.717) is 10.6 Å². The molecule has 0 bridgehead atoms. The number of aryl methyl sites for hydroxylation is 1. The van der Waals surface area contributed by atoms with Gasteiger partial charge < -0.3 is 10.6 Å². The van der Waals surface area contributed by atoms with Crippen LogP contribution in [0.3, 0.4) is 0 Å². The van der Waals surface area contributed by atoms with Gasteiger partial charge in [-0.15, -0.1) is 0 Å². The highest BCUT2D eigenvalue weighted by Gasteiger charge is 2.08. The molecule has 1 amide bonds. The van der Waals surface area contributed by atoms with Crippen molar-refractivity contribution in [2.75, 3.05) is 12.4 Å². The molecule has 3 nitrogen and oxygen atoms in total. The van der Waals surface area contributed by atoms with E-state index in [4.69, 9.17) is 11.6 Å². The molecular formula is C16H17ClN2O. The van der Waals surface area contributed by atoms with Gasteiger partial charge in [0.05, 0.1) is 0 Å². The van der Waals surface area contributed by atoms with E-state index in [1.807, 2.05) is 44.3 Å². The summed E-state index contributed by atoms with van der Waals surface area (Å²) < 4.78 is 0. The van der Waals surface area contributed by atoms with Gasteiger partial charge in [0.2, 0.25) is 0 Å². The van der Waals surface area contributed by atoms with Gasteiger partial charge >= 0.3 is 0 Å². The molecule has 0 unspecified atom stereocenters. The smallest absolute Gasteiger partial charge is 0.255 e.